The van der Waals surface area contributed by atoms with Gasteiger partial charge in [-0.2, -0.15) is 0 Å². The van der Waals surface area contributed by atoms with Crippen molar-refractivity contribution in [2.75, 3.05) is 28.4 Å². The maximum Gasteiger partial charge on any atom is 0.336 e. The van der Waals surface area contributed by atoms with Crippen molar-refractivity contribution < 1.29 is 33.3 Å². The highest BCUT2D eigenvalue weighted by Crippen LogP contribution is 2.49. The second-order valence-electron chi connectivity index (χ2n) is 8.29. The van der Waals surface area contributed by atoms with Crippen molar-refractivity contribution in [3.05, 3.63) is 68.7 Å². The monoisotopic (exact) mass is 497 g/mol. The number of methoxy groups -OCH3 is 4. The lowest BCUT2D eigenvalue weighted by molar-refractivity contribution is -0.149. The van der Waals surface area contributed by atoms with E-state index in [-0.39, 0.29) is 11.7 Å². The molecule has 1 aromatic carbocycles. The van der Waals surface area contributed by atoms with Gasteiger partial charge in [-0.15, -0.1) is 11.3 Å². The normalized spacial score (nSPS) is 21.7. The summed E-state index contributed by atoms with van der Waals surface area (Å²) in [6, 6.07) is 9.05. The lowest BCUT2D eigenvalue weighted by Gasteiger charge is -2.39. The molecule has 1 N–H and O–H groups in total. The number of ketones is 1. The summed E-state index contributed by atoms with van der Waals surface area (Å²) >= 11 is 1.49. The van der Waals surface area contributed by atoms with Crippen LogP contribution >= 0.6 is 11.3 Å². The lowest BCUT2D eigenvalue weighted by Crippen LogP contribution is -2.43. The van der Waals surface area contributed by atoms with Crippen LogP contribution in [0.15, 0.2) is 58.3 Å². The molecule has 35 heavy (non-hydrogen) atoms. The molecule has 2 aliphatic rings. The maximum absolute atomic E-state index is 14.1. The average molecular weight is 498 g/mol. The van der Waals surface area contributed by atoms with Gasteiger partial charge in [0.2, 0.25) is 0 Å². The van der Waals surface area contributed by atoms with Crippen molar-refractivity contribution in [2.24, 2.45) is 5.92 Å². The highest BCUT2D eigenvalue weighted by atomic mass is 32.1. The van der Waals surface area contributed by atoms with E-state index in [2.05, 4.69) is 5.32 Å². The van der Waals surface area contributed by atoms with E-state index in [9.17, 15) is 14.4 Å². The van der Waals surface area contributed by atoms with Crippen LogP contribution < -0.4 is 14.8 Å². The van der Waals surface area contributed by atoms with Gasteiger partial charge in [0.15, 0.2) is 17.3 Å². The Morgan fingerprint density at radius 2 is 1.77 bits per heavy atom. The van der Waals surface area contributed by atoms with Crippen LogP contribution in [-0.4, -0.2) is 46.2 Å². The van der Waals surface area contributed by atoms with Crippen LogP contribution in [0.25, 0.3) is 0 Å². The molecule has 8 nitrogen and oxygen atoms in total. The number of dihydropyridines is 1. The summed E-state index contributed by atoms with van der Waals surface area (Å²) in [5.41, 5.74) is 2.56. The van der Waals surface area contributed by atoms with Crippen LogP contribution in [0.3, 0.4) is 0 Å². The average Bonchev–Trinajstić information content (AvgIpc) is 3.41. The van der Waals surface area contributed by atoms with E-state index in [1.165, 1.54) is 39.8 Å². The van der Waals surface area contributed by atoms with E-state index in [0.29, 0.717) is 46.0 Å². The van der Waals surface area contributed by atoms with Crippen LogP contribution in [0.4, 0.5) is 0 Å². The summed E-state index contributed by atoms with van der Waals surface area (Å²) in [5.74, 6) is -2.74. The summed E-state index contributed by atoms with van der Waals surface area (Å²) in [5, 5.41) is 5.18. The molecule has 1 aliphatic carbocycles. The van der Waals surface area contributed by atoms with Gasteiger partial charge < -0.3 is 24.3 Å². The molecule has 0 saturated carbocycles. The molecule has 0 fully saturated rings. The van der Waals surface area contributed by atoms with Gasteiger partial charge in [0.1, 0.15) is 5.92 Å². The minimum Gasteiger partial charge on any atom is -0.493 e. The molecule has 0 radical (unpaired) electrons. The molecule has 0 bridgehead atoms. The summed E-state index contributed by atoms with van der Waals surface area (Å²) < 4.78 is 21.0. The Morgan fingerprint density at radius 1 is 1.03 bits per heavy atom. The second-order valence-corrected chi connectivity index (χ2v) is 9.27. The van der Waals surface area contributed by atoms with E-state index < -0.39 is 23.8 Å². The van der Waals surface area contributed by atoms with Crippen molar-refractivity contribution >= 4 is 29.1 Å². The zero-order valence-corrected chi connectivity index (χ0v) is 21.0. The summed E-state index contributed by atoms with van der Waals surface area (Å²) in [6.07, 6.45) is 0.414. The molecule has 9 heteroatoms. The van der Waals surface area contributed by atoms with Gasteiger partial charge in [-0.1, -0.05) is 12.1 Å². The third kappa shape index (κ3) is 4.20. The Balaban J connectivity index is 1.93. The van der Waals surface area contributed by atoms with Crippen molar-refractivity contribution in [1.29, 1.82) is 0 Å². The fraction of sp³-hybridized carbons (Fsp3) is 0.346. The van der Waals surface area contributed by atoms with Gasteiger partial charge in [-0.05, 0) is 42.5 Å². The van der Waals surface area contributed by atoms with Crippen LogP contribution in [-0.2, 0) is 23.9 Å². The predicted molar refractivity (Wildman–Crippen MR) is 129 cm³/mol. The van der Waals surface area contributed by atoms with Gasteiger partial charge in [0.25, 0.3) is 0 Å². The van der Waals surface area contributed by atoms with Crippen LogP contribution in [0.1, 0.15) is 35.6 Å². The second kappa shape index (κ2) is 9.95. The molecule has 1 aromatic heterocycles. The van der Waals surface area contributed by atoms with Gasteiger partial charge in [0.05, 0.1) is 34.0 Å². The summed E-state index contributed by atoms with van der Waals surface area (Å²) in [4.78, 5) is 40.8. The molecule has 0 spiro atoms. The predicted octanol–water partition coefficient (Wildman–Crippen LogP) is 3.70. The zero-order chi connectivity index (χ0) is 25.3. The first-order valence-corrected chi connectivity index (χ1v) is 11.9. The Bertz CT molecular complexity index is 1230. The number of Topliss-reactive ketones (excluding diaryl/α,β-unsaturated/α-hetero) is 1. The van der Waals surface area contributed by atoms with Gasteiger partial charge in [-0.25, -0.2) is 4.79 Å². The van der Waals surface area contributed by atoms with Gasteiger partial charge in [0, 0.05) is 33.7 Å². The van der Waals surface area contributed by atoms with Crippen LogP contribution in [0.5, 0.6) is 11.5 Å². The molecule has 2 heterocycles. The quantitative estimate of drug-likeness (QED) is 0.476. The first-order chi connectivity index (χ1) is 16.9. The first kappa shape index (κ1) is 24.5. The van der Waals surface area contributed by atoms with Crippen molar-refractivity contribution in [1.82, 2.24) is 5.32 Å². The Morgan fingerprint density at radius 3 is 2.37 bits per heavy atom. The van der Waals surface area contributed by atoms with E-state index in [4.69, 9.17) is 18.9 Å². The third-order valence-corrected chi connectivity index (χ3v) is 7.53. The molecule has 2 aromatic rings. The zero-order valence-electron chi connectivity index (χ0n) is 20.2. The molecule has 3 atom stereocenters. The largest absolute Gasteiger partial charge is 0.493 e. The smallest absolute Gasteiger partial charge is 0.336 e. The summed E-state index contributed by atoms with van der Waals surface area (Å²) in [7, 11) is 5.62. The molecular weight excluding hydrogens is 470 g/mol. The van der Waals surface area contributed by atoms with Crippen molar-refractivity contribution in [3.63, 3.8) is 0 Å². The van der Waals surface area contributed by atoms with E-state index in [0.717, 1.165) is 4.88 Å². The van der Waals surface area contributed by atoms with E-state index >= 15 is 0 Å². The van der Waals surface area contributed by atoms with E-state index in [1.54, 1.807) is 25.1 Å². The Kier molecular flexibility index (Phi) is 6.98. The molecule has 0 amide bonds. The highest BCUT2D eigenvalue weighted by molar-refractivity contribution is 7.10. The Hall–Kier alpha value is -3.59. The number of carbonyl (C=O) groups is 3. The fourth-order valence-corrected chi connectivity index (χ4v) is 5.81. The maximum atomic E-state index is 14.1. The number of nitrogens with one attached hydrogen (secondary N) is 1. The van der Waals surface area contributed by atoms with E-state index in [1.807, 2.05) is 17.5 Å². The number of ether oxygens (including phenoxy) is 4. The minimum atomic E-state index is -1.03. The number of thiophene rings is 1. The number of esters is 2. The van der Waals surface area contributed by atoms with Crippen molar-refractivity contribution in [2.45, 2.75) is 25.2 Å². The lowest BCUT2D eigenvalue weighted by atomic mass is 9.68. The van der Waals surface area contributed by atoms with Crippen LogP contribution in [0.2, 0.25) is 0 Å². The van der Waals surface area contributed by atoms with Gasteiger partial charge in [-0.3, -0.25) is 9.59 Å². The summed E-state index contributed by atoms with van der Waals surface area (Å²) in [6.45, 7) is 1.78. The Labute approximate surface area is 207 Å². The number of hydrogen-bond donors (Lipinski definition) is 1. The molecule has 0 unspecified atom stereocenters. The highest BCUT2D eigenvalue weighted by Gasteiger charge is 2.49. The standard InChI is InChI=1S/C26H27NO7S/c1-13-20(25(29)33-4)21(14-8-9-17(31-2)18(11-14)32-3)23-16(27-13)12-15(19-7-6-10-35-19)22(24(23)28)26(30)34-5/h6-11,15,21-22,27H,12H2,1-5H3/t15-,21+,22-/m0/s1. The number of rotatable bonds is 6. The number of allylic oxidation sites excluding steroid dienone is 3. The van der Waals surface area contributed by atoms with Crippen molar-refractivity contribution in [3.8, 4) is 11.5 Å². The third-order valence-electron chi connectivity index (χ3n) is 6.53. The molecule has 184 valence electrons. The first-order valence-electron chi connectivity index (χ1n) is 11.0. The molecule has 0 saturated heterocycles. The molecular formula is C26H27NO7S. The fourth-order valence-electron chi connectivity index (χ4n) is 4.95. The topological polar surface area (TPSA) is 100 Å². The van der Waals surface area contributed by atoms with Gasteiger partial charge >= 0.3 is 11.9 Å². The SMILES string of the molecule is COC(=O)C1=C(C)NC2=C(C(=O)[C@@H](C(=O)OC)[C@H](c3cccs3)C2)[C@@H]1c1ccc(OC)c(OC)c1. The van der Waals surface area contributed by atoms with Crippen LogP contribution in [0, 0.1) is 5.92 Å². The number of hydrogen-bond acceptors (Lipinski definition) is 9. The minimum absolute atomic E-state index is 0.296. The number of benzene rings is 1. The molecule has 1 aliphatic heterocycles. The molecule has 4 rings (SSSR count). The number of carbonyl (C=O) groups excluding carboxylic acids is 3.